The highest BCUT2D eigenvalue weighted by Gasteiger charge is 2.50. The fourth-order valence-electron chi connectivity index (χ4n) is 4.16. The first-order valence-electron chi connectivity index (χ1n) is 8.70. The van der Waals surface area contributed by atoms with Gasteiger partial charge >= 0.3 is 0 Å². The molecule has 2 fully saturated rings. The molecule has 1 saturated carbocycles. The number of fused-ring (bicyclic) bond motifs is 1. The van der Waals surface area contributed by atoms with Gasteiger partial charge in [-0.2, -0.15) is 4.31 Å². The maximum atomic E-state index is 12.9. The molecule has 1 aliphatic carbocycles. The summed E-state index contributed by atoms with van der Waals surface area (Å²) in [5.74, 6) is 2.21. The largest absolute Gasteiger partial charge is 0.497 e. The summed E-state index contributed by atoms with van der Waals surface area (Å²) in [5.41, 5.74) is 2.36. The van der Waals surface area contributed by atoms with Crippen molar-refractivity contribution in [3.63, 3.8) is 0 Å². The van der Waals surface area contributed by atoms with Crippen LogP contribution >= 0.6 is 0 Å². The smallest absolute Gasteiger partial charge is 0.243 e. The summed E-state index contributed by atoms with van der Waals surface area (Å²) < 4.78 is 32.7. The molecular weight excluding hydrogens is 334 g/mol. The Kier molecular flexibility index (Phi) is 4.08. The van der Waals surface area contributed by atoms with Gasteiger partial charge in [0.2, 0.25) is 10.0 Å². The van der Waals surface area contributed by atoms with Crippen molar-refractivity contribution < 1.29 is 13.2 Å². The van der Waals surface area contributed by atoms with Gasteiger partial charge in [0.25, 0.3) is 0 Å². The van der Waals surface area contributed by atoms with Crippen LogP contribution in [0.1, 0.15) is 23.5 Å². The van der Waals surface area contributed by atoms with Crippen molar-refractivity contribution in [1.29, 1.82) is 0 Å². The molecule has 0 spiro atoms. The minimum atomic E-state index is -3.38. The fourth-order valence-corrected chi connectivity index (χ4v) is 5.69. The lowest BCUT2D eigenvalue weighted by atomic mass is 9.64. The molecule has 5 heteroatoms. The fraction of sp³-hybridized carbons (Fsp3) is 0.400. The lowest BCUT2D eigenvalue weighted by molar-refractivity contribution is 0.191. The second kappa shape index (κ2) is 6.15. The molecule has 1 aliphatic heterocycles. The molecule has 0 N–H and O–H groups in total. The highest BCUT2D eigenvalue weighted by molar-refractivity contribution is 7.89. The van der Waals surface area contributed by atoms with Gasteiger partial charge in [-0.25, -0.2) is 8.42 Å². The van der Waals surface area contributed by atoms with Gasteiger partial charge in [-0.1, -0.05) is 29.8 Å². The number of benzene rings is 2. The van der Waals surface area contributed by atoms with Gasteiger partial charge in [0.05, 0.1) is 12.0 Å². The maximum Gasteiger partial charge on any atom is 0.243 e. The van der Waals surface area contributed by atoms with Crippen molar-refractivity contribution >= 4 is 10.0 Å². The van der Waals surface area contributed by atoms with E-state index in [4.69, 9.17) is 4.74 Å². The normalized spacial score (nSPS) is 26.1. The summed E-state index contributed by atoms with van der Waals surface area (Å²) in [6.45, 7) is 3.23. The van der Waals surface area contributed by atoms with Crippen molar-refractivity contribution in [1.82, 2.24) is 4.31 Å². The Balaban J connectivity index is 1.50. The van der Waals surface area contributed by atoms with Crippen molar-refractivity contribution in [3.05, 3.63) is 59.7 Å². The molecule has 1 heterocycles. The van der Waals surface area contributed by atoms with Crippen LogP contribution in [0.5, 0.6) is 5.75 Å². The molecule has 0 aromatic heterocycles. The summed E-state index contributed by atoms with van der Waals surface area (Å²) in [6, 6.07) is 15.3. The summed E-state index contributed by atoms with van der Waals surface area (Å²) in [6.07, 6.45) is 1.07. The molecule has 2 aromatic carbocycles. The Labute approximate surface area is 149 Å². The van der Waals surface area contributed by atoms with E-state index in [9.17, 15) is 8.42 Å². The summed E-state index contributed by atoms with van der Waals surface area (Å²) >= 11 is 0. The SMILES string of the molecule is COc1ccc([C@@H]2C[C@H]3CN(S(=O)(=O)c4ccc(C)cc4)C[C@H]32)cc1. The van der Waals surface area contributed by atoms with Gasteiger partial charge in [0.15, 0.2) is 0 Å². The van der Waals surface area contributed by atoms with Gasteiger partial charge in [-0.05, 0) is 60.9 Å². The third-order valence-corrected chi connectivity index (χ3v) is 7.58. The second-order valence-corrected chi connectivity index (χ2v) is 9.11. The zero-order valence-electron chi connectivity index (χ0n) is 14.6. The van der Waals surface area contributed by atoms with Crippen LogP contribution in [0.3, 0.4) is 0 Å². The van der Waals surface area contributed by atoms with E-state index in [0.29, 0.717) is 35.7 Å². The number of rotatable bonds is 4. The van der Waals surface area contributed by atoms with Crippen molar-refractivity contribution in [3.8, 4) is 5.75 Å². The molecule has 4 rings (SSSR count). The Bertz CT molecular complexity index is 859. The van der Waals surface area contributed by atoms with Crippen LogP contribution < -0.4 is 4.74 Å². The third kappa shape index (κ3) is 2.85. The minimum Gasteiger partial charge on any atom is -0.497 e. The second-order valence-electron chi connectivity index (χ2n) is 7.17. The Morgan fingerprint density at radius 3 is 2.32 bits per heavy atom. The van der Waals surface area contributed by atoms with Gasteiger partial charge in [0, 0.05) is 13.1 Å². The number of sulfonamides is 1. The van der Waals surface area contributed by atoms with E-state index < -0.39 is 10.0 Å². The molecule has 0 radical (unpaired) electrons. The molecule has 132 valence electrons. The first kappa shape index (κ1) is 16.6. The monoisotopic (exact) mass is 357 g/mol. The van der Waals surface area contributed by atoms with Crippen LogP contribution in [0.25, 0.3) is 0 Å². The molecule has 0 bridgehead atoms. The van der Waals surface area contributed by atoms with Gasteiger partial charge < -0.3 is 4.74 Å². The average molecular weight is 357 g/mol. The van der Waals surface area contributed by atoms with Gasteiger partial charge in [0.1, 0.15) is 5.75 Å². The zero-order chi connectivity index (χ0) is 17.6. The van der Waals surface area contributed by atoms with Crippen molar-refractivity contribution in [2.75, 3.05) is 20.2 Å². The quantitative estimate of drug-likeness (QED) is 0.842. The number of hydrogen-bond donors (Lipinski definition) is 0. The molecule has 1 saturated heterocycles. The van der Waals surface area contributed by atoms with E-state index in [0.717, 1.165) is 17.7 Å². The van der Waals surface area contributed by atoms with Crippen molar-refractivity contribution in [2.45, 2.75) is 24.2 Å². The van der Waals surface area contributed by atoms with Gasteiger partial charge in [-0.3, -0.25) is 0 Å². The summed E-state index contributed by atoms with van der Waals surface area (Å²) in [7, 11) is -1.72. The number of methoxy groups -OCH3 is 1. The lowest BCUT2D eigenvalue weighted by Crippen LogP contribution is -2.33. The van der Waals surface area contributed by atoms with Crippen LogP contribution in [-0.4, -0.2) is 32.9 Å². The molecule has 2 aromatic rings. The number of ether oxygens (including phenoxy) is 1. The maximum absolute atomic E-state index is 12.9. The van der Waals surface area contributed by atoms with E-state index in [2.05, 4.69) is 12.1 Å². The van der Waals surface area contributed by atoms with E-state index in [-0.39, 0.29) is 0 Å². The number of hydrogen-bond acceptors (Lipinski definition) is 3. The van der Waals surface area contributed by atoms with Crippen LogP contribution in [0.2, 0.25) is 0 Å². The van der Waals surface area contributed by atoms with E-state index in [1.807, 2.05) is 31.2 Å². The molecule has 3 atom stereocenters. The summed E-state index contributed by atoms with van der Waals surface area (Å²) in [4.78, 5) is 0.403. The summed E-state index contributed by atoms with van der Waals surface area (Å²) in [5, 5.41) is 0. The molecular formula is C20H23NO3S. The predicted octanol–water partition coefficient (Wildman–Crippen LogP) is 3.43. The molecule has 4 nitrogen and oxygen atoms in total. The standard InChI is InChI=1S/C20H23NO3S/c1-14-3-9-18(10-4-14)25(22,23)21-12-16-11-19(20(16)13-21)15-5-7-17(24-2)8-6-15/h3-10,16,19-20H,11-13H2,1-2H3/t16-,19-,20+/m0/s1. The van der Waals surface area contributed by atoms with Crippen LogP contribution in [0.15, 0.2) is 53.4 Å². The average Bonchev–Trinajstić information content (AvgIpc) is 2.94. The van der Waals surface area contributed by atoms with Crippen LogP contribution in [-0.2, 0) is 10.0 Å². The van der Waals surface area contributed by atoms with E-state index >= 15 is 0 Å². The highest BCUT2D eigenvalue weighted by Crippen LogP contribution is 2.52. The predicted molar refractivity (Wildman–Crippen MR) is 97.3 cm³/mol. The Morgan fingerprint density at radius 2 is 1.68 bits per heavy atom. The first-order chi connectivity index (χ1) is 12.0. The first-order valence-corrected chi connectivity index (χ1v) is 10.1. The van der Waals surface area contributed by atoms with Gasteiger partial charge in [-0.15, -0.1) is 0 Å². The molecule has 25 heavy (non-hydrogen) atoms. The number of nitrogens with zero attached hydrogens (tertiary/aromatic N) is 1. The number of aryl methyl sites for hydroxylation is 1. The molecule has 0 unspecified atom stereocenters. The zero-order valence-corrected chi connectivity index (χ0v) is 15.4. The van der Waals surface area contributed by atoms with Crippen molar-refractivity contribution in [2.24, 2.45) is 11.8 Å². The third-order valence-electron chi connectivity index (χ3n) is 5.73. The highest BCUT2D eigenvalue weighted by atomic mass is 32.2. The molecule has 2 aliphatic rings. The molecule has 0 amide bonds. The topological polar surface area (TPSA) is 46.6 Å². The lowest BCUT2D eigenvalue weighted by Gasteiger charge is -2.39. The van der Waals surface area contributed by atoms with Crippen LogP contribution in [0, 0.1) is 18.8 Å². The van der Waals surface area contributed by atoms with E-state index in [1.165, 1.54) is 5.56 Å². The van der Waals surface area contributed by atoms with E-state index in [1.54, 1.807) is 23.5 Å². The Morgan fingerprint density at radius 1 is 1.00 bits per heavy atom. The minimum absolute atomic E-state index is 0.403. The Hall–Kier alpha value is -1.85. The van der Waals surface area contributed by atoms with Crippen LogP contribution in [0.4, 0.5) is 0 Å².